The van der Waals surface area contributed by atoms with Crippen LogP contribution >= 0.6 is 0 Å². The highest BCUT2D eigenvalue weighted by Gasteiger charge is 2.36. The number of nitrogens with zero attached hydrogens (tertiary/aromatic N) is 3. The Balaban J connectivity index is 1.37. The van der Waals surface area contributed by atoms with Crippen LogP contribution in [-0.4, -0.2) is 45.9 Å². The van der Waals surface area contributed by atoms with Crippen LogP contribution in [0.4, 0.5) is 4.79 Å². The molecular weight excluding hydrogens is 330 g/mol. The second kappa shape index (κ2) is 7.15. The molecule has 134 valence electrons. The first-order chi connectivity index (χ1) is 12.7. The van der Waals surface area contributed by atoms with Crippen molar-refractivity contribution in [3.63, 3.8) is 0 Å². The minimum absolute atomic E-state index is 0.0117. The van der Waals surface area contributed by atoms with Crippen LogP contribution in [-0.2, 0) is 17.9 Å². The molecule has 0 saturated carbocycles. The van der Waals surface area contributed by atoms with Gasteiger partial charge in [0.1, 0.15) is 6.61 Å². The van der Waals surface area contributed by atoms with Gasteiger partial charge < -0.3 is 14.5 Å². The molecule has 2 aliphatic rings. The lowest BCUT2D eigenvalue weighted by molar-refractivity contribution is 0.0480. The van der Waals surface area contributed by atoms with Crippen LogP contribution in [0.1, 0.15) is 34.3 Å². The molecule has 0 bridgehead atoms. The van der Waals surface area contributed by atoms with Gasteiger partial charge in [-0.15, -0.1) is 0 Å². The molecule has 0 unspecified atom stereocenters. The molecular formula is C20H21N3O3. The zero-order valence-corrected chi connectivity index (χ0v) is 14.5. The van der Waals surface area contributed by atoms with E-state index in [1.54, 1.807) is 17.3 Å². The highest BCUT2D eigenvalue weighted by Crippen LogP contribution is 2.27. The lowest BCUT2D eigenvalue weighted by Gasteiger charge is -2.37. The van der Waals surface area contributed by atoms with Crippen LogP contribution in [0.15, 0.2) is 48.8 Å². The Morgan fingerprint density at radius 2 is 2.08 bits per heavy atom. The zero-order valence-electron chi connectivity index (χ0n) is 14.5. The van der Waals surface area contributed by atoms with Gasteiger partial charge in [0.15, 0.2) is 0 Å². The summed E-state index contributed by atoms with van der Waals surface area (Å²) in [4.78, 5) is 32.7. The predicted octanol–water partition coefficient (Wildman–Crippen LogP) is 2.84. The van der Waals surface area contributed by atoms with Crippen molar-refractivity contribution in [2.45, 2.75) is 32.0 Å². The largest absolute Gasteiger partial charge is 0.445 e. The van der Waals surface area contributed by atoms with Crippen LogP contribution in [0, 0.1) is 0 Å². The summed E-state index contributed by atoms with van der Waals surface area (Å²) in [5.41, 5.74) is 2.65. The van der Waals surface area contributed by atoms with Gasteiger partial charge in [-0.25, -0.2) is 4.79 Å². The number of fused-ring (bicyclic) bond motifs is 1. The Kier molecular flexibility index (Phi) is 4.56. The van der Waals surface area contributed by atoms with Crippen molar-refractivity contribution in [2.75, 3.05) is 13.1 Å². The Labute approximate surface area is 152 Å². The number of rotatable bonds is 3. The molecule has 1 aromatic carbocycles. The van der Waals surface area contributed by atoms with E-state index in [1.807, 2.05) is 41.3 Å². The second-order valence-corrected chi connectivity index (χ2v) is 6.75. The number of carbonyl (C=O) groups is 2. The molecule has 4 rings (SSSR count). The van der Waals surface area contributed by atoms with E-state index in [-0.39, 0.29) is 24.6 Å². The fourth-order valence-electron chi connectivity index (χ4n) is 3.64. The van der Waals surface area contributed by atoms with Crippen LogP contribution in [0.25, 0.3) is 0 Å². The van der Waals surface area contributed by atoms with Gasteiger partial charge in [-0.3, -0.25) is 9.78 Å². The molecule has 0 radical (unpaired) electrons. The Hall–Kier alpha value is -2.89. The molecule has 2 aliphatic heterocycles. The number of pyridine rings is 1. The molecule has 1 aromatic heterocycles. The number of hydrogen-bond acceptors (Lipinski definition) is 4. The van der Waals surface area contributed by atoms with E-state index in [0.29, 0.717) is 25.2 Å². The fourth-order valence-corrected chi connectivity index (χ4v) is 3.64. The SMILES string of the molecule is O=C(OCc1ccccc1)N1CCC[C@H](N2Cc3ccncc3C2=O)C1. The molecule has 3 heterocycles. The zero-order chi connectivity index (χ0) is 17.9. The van der Waals surface area contributed by atoms with Gasteiger partial charge in [-0.1, -0.05) is 30.3 Å². The first-order valence-electron chi connectivity index (χ1n) is 8.92. The lowest BCUT2D eigenvalue weighted by Crippen LogP contribution is -2.50. The van der Waals surface area contributed by atoms with E-state index >= 15 is 0 Å². The van der Waals surface area contributed by atoms with Gasteiger partial charge in [0.05, 0.1) is 11.6 Å². The van der Waals surface area contributed by atoms with Crippen molar-refractivity contribution in [1.82, 2.24) is 14.8 Å². The van der Waals surface area contributed by atoms with Crippen molar-refractivity contribution in [3.05, 3.63) is 65.5 Å². The summed E-state index contributed by atoms with van der Waals surface area (Å²) >= 11 is 0. The Bertz CT molecular complexity index is 809. The first kappa shape index (κ1) is 16.6. The van der Waals surface area contributed by atoms with Crippen molar-refractivity contribution < 1.29 is 14.3 Å². The lowest BCUT2D eigenvalue weighted by atomic mass is 10.0. The maximum absolute atomic E-state index is 12.6. The molecule has 0 N–H and O–H groups in total. The molecule has 1 saturated heterocycles. The highest BCUT2D eigenvalue weighted by atomic mass is 16.6. The molecule has 2 amide bonds. The van der Waals surface area contributed by atoms with E-state index in [9.17, 15) is 9.59 Å². The summed E-state index contributed by atoms with van der Waals surface area (Å²) in [7, 11) is 0. The number of likely N-dealkylation sites (tertiary alicyclic amines) is 1. The molecule has 0 aliphatic carbocycles. The third-order valence-corrected chi connectivity index (χ3v) is 5.04. The summed E-state index contributed by atoms with van der Waals surface area (Å²) < 4.78 is 5.44. The van der Waals surface area contributed by atoms with E-state index in [2.05, 4.69) is 4.98 Å². The number of benzene rings is 1. The summed E-state index contributed by atoms with van der Waals surface area (Å²) in [5, 5.41) is 0. The number of amides is 2. The van der Waals surface area contributed by atoms with Gasteiger partial charge >= 0.3 is 6.09 Å². The van der Waals surface area contributed by atoms with E-state index in [0.717, 1.165) is 24.0 Å². The fraction of sp³-hybridized carbons (Fsp3) is 0.350. The molecule has 2 aromatic rings. The first-order valence-corrected chi connectivity index (χ1v) is 8.92. The van der Waals surface area contributed by atoms with Crippen molar-refractivity contribution in [3.8, 4) is 0 Å². The number of aromatic nitrogens is 1. The Morgan fingerprint density at radius 3 is 2.88 bits per heavy atom. The second-order valence-electron chi connectivity index (χ2n) is 6.75. The normalized spacial score (nSPS) is 19.4. The maximum atomic E-state index is 12.6. The van der Waals surface area contributed by atoms with Gasteiger partial charge in [0.25, 0.3) is 5.91 Å². The van der Waals surface area contributed by atoms with Crippen LogP contribution in [0.2, 0.25) is 0 Å². The molecule has 1 atom stereocenters. The number of carbonyl (C=O) groups excluding carboxylic acids is 2. The molecule has 1 fully saturated rings. The molecule has 6 heteroatoms. The average molecular weight is 351 g/mol. The Morgan fingerprint density at radius 1 is 1.23 bits per heavy atom. The smallest absolute Gasteiger partial charge is 0.410 e. The van der Waals surface area contributed by atoms with Crippen molar-refractivity contribution in [2.24, 2.45) is 0 Å². The summed E-state index contributed by atoms with van der Waals surface area (Å²) in [5.74, 6) is 0.0117. The van der Waals surface area contributed by atoms with Crippen LogP contribution in [0.5, 0.6) is 0 Å². The highest BCUT2D eigenvalue weighted by molar-refractivity contribution is 5.98. The summed E-state index contributed by atoms with van der Waals surface area (Å²) in [6, 6.07) is 11.6. The maximum Gasteiger partial charge on any atom is 0.410 e. The minimum atomic E-state index is -0.315. The van der Waals surface area contributed by atoms with Crippen molar-refractivity contribution in [1.29, 1.82) is 0 Å². The van der Waals surface area contributed by atoms with Gasteiger partial charge in [0, 0.05) is 32.0 Å². The topological polar surface area (TPSA) is 62.7 Å². The molecule has 0 spiro atoms. The third kappa shape index (κ3) is 3.27. The summed E-state index contributed by atoms with van der Waals surface area (Å²) in [6.07, 6.45) is 4.79. The minimum Gasteiger partial charge on any atom is -0.445 e. The predicted molar refractivity (Wildman–Crippen MR) is 95.3 cm³/mol. The van der Waals surface area contributed by atoms with Crippen LogP contribution < -0.4 is 0 Å². The van der Waals surface area contributed by atoms with E-state index in [1.165, 1.54) is 0 Å². The number of piperidine rings is 1. The number of hydrogen-bond donors (Lipinski definition) is 0. The van der Waals surface area contributed by atoms with Crippen LogP contribution in [0.3, 0.4) is 0 Å². The molecule has 26 heavy (non-hydrogen) atoms. The number of ether oxygens (including phenoxy) is 1. The van der Waals surface area contributed by atoms with E-state index < -0.39 is 0 Å². The standard InChI is InChI=1S/C20H21N3O3/c24-19-18-11-21-9-8-16(18)12-23(19)17-7-4-10-22(13-17)20(25)26-14-15-5-2-1-3-6-15/h1-3,5-6,8-9,11,17H,4,7,10,12-14H2/t17-/m0/s1. The van der Waals surface area contributed by atoms with Gasteiger partial charge in [0.2, 0.25) is 0 Å². The summed E-state index contributed by atoms with van der Waals surface area (Å²) in [6.45, 7) is 2.04. The third-order valence-electron chi connectivity index (χ3n) is 5.04. The van der Waals surface area contributed by atoms with Crippen molar-refractivity contribution >= 4 is 12.0 Å². The van der Waals surface area contributed by atoms with E-state index in [4.69, 9.17) is 4.74 Å². The van der Waals surface area contributed by atoms with Gasteiger partial charge in [-0.05, 0) is 30.0 Å². The monoisotopic (exact) mass is 351 g/mol. The van der Waals surface area contributed by atoms with Gasteiger partial charge in [-0.2, -0.15) is 0 Å². The quantitative estimate of drug-likeness (QED) is 0.853. The average Bonchev–Trinajstić information content (AvgIpc) is 3.04. The molecule has 6 nitrogen and oxygen atoms in total.